The van der Waals surface area contributed by atoms with E-state index < -0.39 is 0 Å². The highest BCUT2D eigenvalue weighted by molar-refractivity contribution is 6.30. The van der Waals surface area contributed by atoms with Crippen LogP contribution in [-0.4, -0.2) is 30.5 Å². The number of hydrogen-bond acceptors (Lipinski definition) is 3. The first-order chi connectivity index (χ1) is 8.63. The molecule has 0 saturated heterocycles. The second kappa shape index (κ2) is 7.76. The van der Waals surface area contributed by atoms with Gasteiger partial charge in [0.05, 0.1) is 12.1 Å². The Hall–Kier alpha value is -1.49. The Morgan fingerprint density at radius 2 is 2.17 bits per heavy atom. The van der Waals surface area contributed by atoms with E-state index >= 15 is 0 Å². The summed E-state index contributed by atoms with van der Waals surface area (Å²) >= 11 is 5.70. The number of unbranched alkanes of at least 4 members (excludes halogenated alkanes) is 2. The Bertz CT molecular complexity index is 404. The average Bonchev–Trinajstić information content (AvgIpc) is 2.79. The van der Waals surface area contributed by atoms with Crippen molar-refractivity contribution in [1.29, 1.82) is 0 Å². The molecule has 0 aromatic carbocycles. The van der Waals surface area contributed by atoms with Crippen LogP contribution in [0.5, 0.6) is 0 Å². The molecule has 0 unspecified atom stereocenters. The molecule has 0 aliphatic carbocycles. The third-order valence-corrected chi connectivity index (χ3v) is 2.68. The second-order valence-corrected chi connectivity index (χ2v) is 4.31. The van der Waals surface area contributed by atoms with Crippen molar-refractivity contribution in [3.8, 4) is 0 Å². The highest BCUT2D eigenvalue weighted by Crippen LogP contribution is 2.09. The fourth-order valence-corrected chi connectivity index (χ4v) is 1.63. The van der Waals surface area contributed by atoms with Gasteiger partial charge in [-0.1, -0.05) is 18.0 Å². The summed E-state index contributed by atoms with van der Waals surface area (Å²) in [6, 6.07) is 1.58. The summed E-state index contributed by atoms with van der Waals surface area (Å²) in [7, 11) is 1.38. The Morgan fingerprint density at radius 3 is 2.78 bits per heavy atom. The van der Waals surface area contributed by atoms with Gasteiger partial charge in [-0.25, -0.2) is 0 Å². The minimum Gasteiger partial charge on any atom is -0.469 e. The van der Waals surface area contributed by atoms with Crippen LogP contribution >= 0.6 is 11.6 Å². The number of rotatable bonds is 7. The standard InChI is InChI=1S/C12H17ClN2O3/c1-18-11(16)5-3-2-4-6-14-12(17)10-7-9(13)8-15-10/h7-8,15H,2-6H2,1H3,(H,14,17). The van der Waals surface area contributed by atoms with Crippen LogP contribution in [0.25, 0.3) is 0 Å². The normalized spacial score (nSPS) is 10.1. The Kier molecular flexibility index (Phi) is 6.28. The molecular weight excluding hydrogens is 256 g/mol. The summed E-state index contributed by atoms with van der Waals surface area (Å²) in [5.41, 5.74) is 0.453. The van der Waals surface area contributed by atoms with Crippen LogP contribution in [0.2, 0.25) is 5.02 Å². The maximum atomic E-state index is 11.6. The van der Waals surface area contributed by atoms with Gasteiger partial charge >= 0.3 is 5.97 Å². The van der Waals surface area contributed by atoms with Crippen molar-refractivity contribution in [2.75, 3.05) is 13.7 Å². The molecule has 0 aliphatic rings. The SMILES string of the molecule is COC(=O)CCCCCNC(=O)c1cc(Cl)c[nH]1. The minimum atomic E-state index is -0.194. The highest BCUT2D eigenvalue weighted by atomic mass is 35.5. The average molecular weight is 273 g/mol. The predicted molar refractivity (Wildman–Crippen MR) is 68.6 cm³/mol. The van der Waals surface area contributed by atoms with Gasteiger partial charge in [-0.05, 0) is 18.9 Å². The van der Waals surface area contributed by atoms with Crippen molar-refractivity contribution in [1.82, 2.24) is 10.3 Å². The lowest BCUT2D eigenvalue weighted by molar-refractivity contribution is -0.140. The van der Waals surface area contributed by atoms with Gasteiger partial charge in [0.15, 0.2) is 0 Å². The van der Waals surface area contributed by atoms with Gasteiger partial charge in [0.25, 0.3) is 5.91 Å². The number of methoxy groups -OCH3 is 1. The smallest absolute Gasteiger partial charge is 0.305 e. The van der Waals surface area contributed by atoms with E-state index in [2.05, 4.69) is 15.0 Å². The molecule has 0 fully saturated rings. The van der Waals surface area contributed by atoms with Crippen molar-refractivity contribution in [3.63, 3.8) is 0 Å². The summed E-state index contributed by atoms with van der Waals surface area (Å²) < 4.78 is 4.53. The van der Waals surface area contributed by atoms with Gasteiger partial charge in [0.1, 0.15) is 5.69 Å². The second-order valence-electron chi connectivity index (χ2n) is 3.87. The molecule has 1 aromatic heterocycles. The van der Waals surface area contributed by atoms with Gasteiger partial charge in [-0.2, -0.15) is 0 Å². The summed E-state index contributed by atoms with van der Waals surface area (Å²) in [6.07, 6.45) is 4.47. The van der Waals surface area contributed by atoms with E-state index in [0.717, 1.165) is 19.3 Å². The molecule has 100 valence electrons. The summed E-state index contributed by atoms with van der Waals surface area (Å²) in [4.78, 5) is 25.2. The third-order valence-electron chi connectivity index (χ3n) is 2.46. The summed E-state index contributed by atoms with van der Waals surface area (Å²) in [5, 5.41) is 3.28. The molecule has 0 saturated carbocycles. The zero-order valence-corrected chi connectivity index (χ0v) is 11.0. The fraction of sp³-hybridized carbons (Fsp3) is 0.500. The molecule has 1 amide bonds. The van der Waals surface area contributed by atoms with Crippen molar-refractivity contribution >= 4 is 23.5 Å². The molecule has 1 heterocycles. The highest BCUT2D eigenvalue weighted by Gasteiger charge is 2.06. The molecule has 0 atom stereocenters. The maximum Gasteiger partial charge on any atom is 0.305 e. The number of hydrogen-bond donors (Lipinski definition) is 2. The van der Waals surface area contributed by atoms with Gasteiger partial charge < -0.3 is 15.0 Å². The van der Waals surface area contributed by atoms with Gasteiger partial charge in [-0.15, -0.1) is 0 Å². The Balaban J connectivity index is 2.08. The van der Waals surface area contributed by atoms with E-state index in [-0.39, 0.29) is 11.9 Å². The maximum absolute atomic E-state index is 11.6. The number of ether oxygens (including phenoxy) is 1. The number of carbonyl (C=O) groups is 2. The number of nitrogens with one attached hydrogen (secondary N) is 2. The quantitative estimate of drug-likeness (QED) is 0.590. The molecule has 1 aromatic rings. The number of aromatic nitrogens is 1. The van der Waals surface area contributed by atoms with Crippen LogP contribution in [0.1, 0.15) is 36.2 Å². The fourth-order valence-electron chi connectivity index (χ4n) is 1.47. The molecule has 1 rings (SSSR count). The number of halogens is 1. The van der Waals surface area contributed by atoms with Crippen molar-refractivity contribution in [2.24, 2.45) is 0 Å². The number of aromatic amines is 1. The molecule has 5 nitrogen and oxygen atoms in total. The zero-order chi connectivity index (χ0) is 13.4. The van der Waals surface area contributed by atoms with E-state index in [1.807, 2.05) is 0 Å². The first-order valence-electron chi connectivity index (χ1n) is 5.82. The minimum absolute atomic E-state index is 0.171. The molecule has 0 spiro atoms. The molecule has 6 heteroatoms. The number of carbonyl (C=O) groups excluding carboxylic acids is 2. The molecule has 0 radical (unpaired) electrons. The zero-order valence-electron chi connectivity index (χ0n) is 10.3. The topological polar surface area (TPSA) is 71.2 Å². The summed E-state index contributed by atoms with van der Waals surface area (Å²) in [6.45, 7) is 0.580. The largest absolute Gasteiger partial charge is 0.469 e. The lowest BCUT2D eigenvalue weighted by atomic mass is 10.2. The van der Waals surface area contributed by atoms with E-state index in [1.165, 1.54) is 7.11 Å². The van der Waals surface area contributed by atoms with Crippen LogP contribution in [-0.2, 0) is 9.53 Å². The number of H-pyrrole nitrogens is 1. The van der Waals surface area contributed by atoms with Crippen molar-refractivity contribution < 1.29 is 14.3 Å². The van der Waals surface area contributed by atoms with E-state index in [0.29, 0.717) is 23.7 Å². The summed E-state index contributed by atoms with van der Waals surface area (Å²) in [5.74, 6) is -0.366. The van der Waals surface area contributed by atoms with Crippen LogP contribution < -0.4 is 5.32 Å². The molecule has 0 aliphatic heterocycles. The van der Waals surface area contributed by atoms with Crippen molar-refractivity contribution in [2.45, 2.75) is 25.7 Å². The van der Waals surface area contributed by atoms with Crippen LogP contribution in [0, 0.1) is 0 Å². The first kappa shape index (κ1) is 14.6. The predicted octanol–water partition coefficient (Wildman–Crippen LogP) is 2.13. The van der Waals surface area contributed by atoms with Crippen LogP contribution in [0.4, 0.5) is 0 Å². The monoisotopic (exact) mass is 272 g/mol. The number of amides is 1. The molecular formula is C12H17ClN2O3. The third kappa shape index (κ3) is 5.23. The van der Waals surface area contributed by atoms with E-state index in [1.54, 1.807) is 12.3 Å². The number of esters is 1. The van der Waals surface area contributed by atoms with Gasteiger partial charge in [0.2, 0.25) is 0 Å². The first-order valence-corrected chi connectivity index (χ1v) is 6.20. The van der Waals surface area contributed by atoms with Crippen molar-refractivity contribution in [3.05, 3.63) is 23.0 Å². The Labute approximate surface area is 111 Å². The Morgan fingerprint density at radius 1 is 1.39 bits per heavy atom. The van der Waals surface area contributed by atoms with Gasteiger partial charge in [-0.3, -0.25) is 9.59 Å². The lowest BCUT2D eigenvalue weighted by Crippen LogP contribution is -2.24. The van der Waals surface area contributed by atoms with Crippen LogP contribution in [0.15, 0.2) is 12.3 Å². The molecule has 0 bridgehead atoms. The lowest BCUT2D eigenvalue weighted by Gasteiger charge is -2.03. The molecule has 18 heavy (non-hydrogen) atoms. The van der Waals surface area contributed by atoms with E-state index in [4.69, 9.17) is 11.6 Å². The van der Waals surface area contributed by atoms with E-state index in [9.17, 15) is 9.59 Å². The van der Waals surface area contributed by atoms with Gasteiger partial charge in [0, 0.05) is 19.2 Å². The molecule has 2 N–H and O–H groups in total. The van der Waals surface area contributed by atoms with Crippen LogP contribution in [0.3, 0.4) is 0 Å².